The number of carbonyl (C=O) groups is 1. The minimum atomic E-state index is -0.294. The van der Waals surface area contributed by atoms with E-state index >= 15 is 0 Å². The Hall–Kier alpha value is -1.72. The highest BCUT2D eigenvalue weighted by Gasteiger charge is 2.26. The number of hydrogen-bond donors (Lipinski definition) is 1. The van der Waals surface area contributed by atoms with Gasteiger partial charge >= 0.3 is 0 Å². The lowest BCUT2D eigenvalue weighted by Gasteiger charge is -2.09. The van der Waals surface area contributed by atoms with E-state index in [1.807, 2.05) is 6.07 Å². The fourth-order valence-corrected chi connectivity index (χ4v) is 3.30. The number of rotatable bonds is 3. The molecule has 1 aromatic carbocycles. The summed E-state index contributed by atoms with van der Waals surface area (Å²) < 4.78 is 19.6. The standard InChI is InChI=1S/C15H14FNO2S/c1-8(18)13-2-3-14(20-13)12-6-10(16)4-9-5-11(7-17)19-15(9)12/h2-4,6,11H,5,7,17H2,1H3/t11-/m1/s1. The van der Waals surface area contributed by atoms with E-state index in [9.17, 15) is 9.18 Å². The van der Waals surface area contributed by atoms with Gasteiger partial charge in [0.15, 0.2) is 5.78 Å². The summed E-state index contributed by atoms with van der Waals surface area (Å²) in [7, 11) is 0. The van der Waals surface area contributed by atoms with Gasteiger partial charge in [0.2, 0.25) is 0 Å². The van der Waals surface area contributed by atoms with Gasteiger partial charge in [-0.25, -0.2) is 4.39 Å². The number of ether oxygens (including phenoxy) is 1. The molecule has 3 rings (SSSR count). The second-order valence-electron chi connectivity index (χ2n) is 4.84. The topological polar surface area (TPSA) is 52.3 Å². The van der Waals surface area contributed by atoms with E-state index < -0.39 is 0 Å². The molecule has 1 atom stereocenters. The summed E-state index contributed by atoms with van der Waals surface area (Å²) in [5, 5.41) is 0. The molecule has 2 heterocycles. The summed E-state index contributed by atoms with van der Waals surface area (Å²) >= 11 is 1.35. The van der Waals surface area contributed by atoms with Crippen molar-refractivity contribution in [1.29, 1.82) is 0 Å². The Kier molecular flexibility index (Phi) is 3.31. The van der Waals surface area contributed by atoms with Crippen LogP contribution in [-0.4, -0.2) is 18.4 Å². The van der Waals surface area contributed by atoms with Crippen LogP contribution >= 0.6 is 11.3 Å². The molecule has 0 bridgehead atoms. The van der Waals surface area contributed by atoms with E-state index in [0.29, 0.717) is 29.2 Å². The van der Waals surface area contributed by atoms with Crippen molar-refractivity contribution in [2.24, 2.45) is 5.73 Å². The molecule has 20 heavy (non-hydrogen) atoms. The fourth-order valence-electron chi connectivity index (χ4n) is 2.38. The monoisotopic (exact) mass is 291 g/mol. The molecule has 1 aromatic heterocycles. The highest BCUT2D eigenvalue weighted by Crippen LogP contribution is 2.42. The summed E-state index contributed by atoms with van der Waals surface area (Å²) in [6.45, 7) is 1.92. The molecule has 0 saturated carbocycles. The van der Waals surface area contributed by atoms with Crippen molar-refractivity contribution in [1.82, 2.24) is 0 Å². The minimum absolute atomic E-state index is 0.00931. The van der Waals surface area contributed by atoms with Crippen LogP contribution < -0.4 is 10.5 Å². The first-order chi connectivity index (χ1) is 9.58. The third kappa shape index (κ3) is 2.23. The van der Waals surface area contributed by atoms with Crippen LogP contribution in [0.2, 0.25) is 0 Å². The minimum Gasteiger partial charge on any atom is -0.488 e. The van der Waals surface area contributed by atoms with Gasteiger partial charge in [0.1, 0.15) is 17.7 Å². The third-order valence-corrected chi connectivity index (χ3v) is 4.56. The van der Waals surface area contributed by atoms with Crippen molar-refractivity contribution in [2.45, 2.75) is 19.4 Å². The Morgan fingerprint density at radius 2 is 2.30 bits per heavy atom. The second kappa shape index (κ2) is 5.00. The van der Waals surface area contributed by atoms with Gasteiger partial charge in [-0.2, -0.15) is 0 Å². The van der Waals surface area contributed by atoms with Gasteiger partial charge in [0.25, 0.3) is 0 Å². The molecule has 1 aliphatic rings. The Labute approximate surface area is 120 Å². The number of halogens is 1. The first-order valence-corrected chi connectivity index (χ1v) is 7.20. The van der Waals surface area contributed by atoms with Crippen molar-refractivity contribution in [2.75, 3.05) is 6.54 Å². The average Bonchev–Trinajstić information content (AvgIpc) is 3.03. The molecule has 2 aromatic rings. The Morgan fingerprint density at radius 3 is 2.95 bits per heavy atom. The number of thiophene rings is 1. The molecule has 0 saturated heterocycles. The molecule has 1 aliphatic heterocycles. The summed E-state index contributed by atoms with van der Waals surface area (Å²) in [6, 6.07) is 6.53. The highest BCUT2D eigenvalue weighted by molar-refractivity contribution is 7.17. The smallest absolute Gasteiger partial charge is 0.169 e. The number of fused-ring (bicyclic) bond motifs is 1. The number of ketones is 1. The van der Waals surface area contributed by atoms with Crippen LogP contribution in [0.3, 0.4) is 0 Å². The maximum atomic E-state index is 13.8. The van der Waals surface area contributed by atoms with Crippen LogP contribution in [0.5, 0.6) is 5.75 Å². The molecule has 104 valence electrons. The molecular weight excluding hydrogens is 277 g/mol. The molecule has 0 unspecified atom stereocenters. The molecule has 0 radical (unpaired) electrons. The SMILES string of the molecule is CC(=O)c1ccc(-c2cc(F)cc3c2O[C@@H](CN)C3)s1. The van der Waals surface area contributed by atoms with Crippen molar-refractivity contribution >= 4 is 17.1 Å². The largest absolute Gasteiger partial charge is 0.488 e. The summed E-state index contributed by atoms with van der Waals surface area (Å²) in [6.07, 6.45) is 0.527. The number of Topliss-reactive ketones (excluding diaryl/α,β-unsaturated/α-hetero) is 1. The van der Waals surface area contributed by atoms with Crippen molar-refractivity contribution in [3.63, 3.8) is 0 Å². The molecule has 0 amide bonds. The van der Waals surface area contributed by atoms with Gasteiger partial charge < -0.3 is 10.5 Å². The van der Waals surface area contributed by atoms with E-state index in [1.54, 1.807) is 6.07 Å². The number of nitrogens with two attached hydrogens (primary N) is 1. The van der Waals surface area contributed by atoms with E-state index in [2.05, 4.69) is 0 Å². The van der Waals surface area contributed by atoms with E-state index in [0.717, 1.165) is 10.4 Å². The lowest BCUT2D eigenvalue weighted by atomic mass is 10.0. The Balaban J connectivity index is 2.08. The summed E-state index contributed by atoms with van der Waals surface area (Å²) in [5.74, 6) is 0.409. The Bertz CT molecular complexity index is 681. The lowest BCUT2D eigenvalue weighted by molar-refractivity contribution is 0.102. The average molecular weight is 291 g/mol. The van der Waals surface area contributed by atoms with Gasteiger partial charge in [-0.1, -0.05) is 0 Å². The van der Waals surface area contributed by atoms with Crippen LogP contribution in [0.25, 0.3) is 10.4 Å². The van der Waals surface area contributed by atoms with Crippen molar-refractivity contribution < 1.29 is 13.9 Å². The van der Waals surface area contributed by atoms with Gasteiger partial charge in [-0.05, 0) is 31.2 Å². The maximum Gasteiger partial charge on any atom is 0.169 e. The first kappa shape index (κ1) is 13.3. The molecule has 2 N–H and O–H groups in total. The van der Waals surface area contributed by atoms with Crippen molar-refractivity contribution in [3.8, 4) is 16.2 Å². The zero-order chi connectivity index (χ0) is 14.3. The van der Waals surface area contributed by atoms with Crippen molar-refractivity contribution in [3.05, 3.63) is 40.5 Å². The van der Waals surface area contributed by atoms with Crippen LogP contribution in [0.4, 0.5) is 4.39 Å². The Morgan fingerprint density at radius 1 is 1.50 bits per heavy atom. The van der Waals surface area contributed by atoms with Gasteiger partial charge in [0, 0.05) is 29.0 Å². The molecule has 5 heteroatoms. The van der Waals surface area contributed by atoms with E-state index in [1.165, 1.54) is 30.4 Å². The summed E-state index contributed by atoms with van der Waals surface area (Å²) in [5.41, 5.74) is 7.17. The molecular formula is C15H14FNO2S. The van der Waals surface area contributed by atoms with E-state index in [-0.39, 0.29) is 17.7 Å². The molecule has 3 nitrogen and oxygen atoms in total. The molecule has 0 spiro atoms. The highest BCUT2D eigenvalue weighted by atomic mass is 32.1. The molecule has 0 fully saturated rings. The number of carbonyl (C=O) groups excluding carboxylic acids is 1. The summed E-state index contributed by atoms with van der Waals surface area (Å²) in [4.78, 5) is 12.9. The normalized spacial score (nSPS) is 16.9. The fraction of sp³-hybridized carbons (Fsp3) is 0.267. The van der Waals surface area contributed by atoms with Gasteiger partial charge in [-0.15, -0.1) is 11.3 Å². The first-order valence-electron chi connectivity index (χ1n) is 6.38. The van der Waals surface area contributed by atoms with Gasteiger partial charge in [-0.3, -0.25) is 4.79 Å². The van der Waals surface area contributed by atoms with Crippen LogP contribution in [0.1, 0.15) is 22.2 Å². The third-order valence-electron chi connectivity index (χ3n) is 3.34. The number of hydrogen-bond acceptors (Lipinski definition) is 4. The molecule has 0 aliphatic carbocycles. The predicted octanol–water partition coefficient (Wildman–Crippen LogP) is 3.02. The van der Waals surface area contributed by atoms with Crippen LogP contribution in [-0.2, 0) is 6.42 Å². The number of benzene rings is 1. The second-order valence-corrected chi connectivity index (χ2v) is 5.93. The van der Waals surface area contributed by atoms with Crippen LogP contribution in [0.15, 0.2) is 24.3 Å². The zero-order valence-electron chi connectivity index (χ0n) is 11.0. The van der Waals surface area contributed by atoms with E-state index in [4.69, 9.17) is 10.5 Å². The zero-order valence-corrected chi connectivity index (χ0v) is 11.8. The maximum absolute atomic E-state index is 13.8. The van der Waals surface area contributed by atoms with Gasteiger partial charge in [0.05, 0.1) is 4.88 Å². The predicted molar refractivity (Wildman–Crippen MR) is 76.9 cm³/mol. The lowest BCUT2D eigenvalue weighted by Crippen LogP contribution is -2.24. The quantitative estimate of drug-likeness (QED) is 0.884. The van der Waals surface area contributed by atoms with Crippen LogP contribution in [0, 0.1) is 5.82 Å².